The first-order valence-corrected chi connectivity index (χ1v) is 6.97. The minimum Gasteiger partial charge on any atom is -0.481 e. The zero-order valence-electron chi connectivity index (χ0n) is 11.5. The molecule has 0 unspecified atom stereocenters. The Labute approximate surface area is 121 Å². The number of fused-ring (bicyclic) bond motifs is 1. The van der Waals surface area contributed by atoms with Crippen LogP contribution in [0, 0.1) is 5.92 Å². The van der Waals surface area contributed by atoms with E-state index in [1.165, 1.54) is 0 Å². The Morgan fingerprint density at radius 1 is 1.38 bits per heavy atom. The van der Waals surface area contributed by atoms with Gasteiger partial charge in [-0.1, -0.05) is 0 Å². The first-order valence-electron chi connectivity index (χ1n) is 6.97. The molecular formula is C13H17N5O3. The summed E-state index contributed by atoms with van der Waals surface area (Å²) in [6.07, 6.45) is 5.23. The normalized spacial score (nSPS) is 16.5. The Bertz CT molecular complexity index is 648. The van der Waals surface area contributed by atoms with Crippen LogP contribution >= 0.6 is 0 Å². The number of aromatic nitrogens is 4. The van der Waals surface area contributed by atoms with Gasteiger partial charge in [0.05, 0.1) is 5.92 Å². The summed E-state index contributed by atoms with van der Waals surface area (Å²) < 4.78 is 1.60. The van der Waals surface area contributed by atoms with Crippen LogP contribution in [0.2, 0.25) is 0 Å². The average Bonchev–Trinajstić information content (AvgIpc) is 2.91. The number of piperidine rings is 1. The summed E-state index contributed by atoms with van der Waals surface area (Å²) in [4.78, 5) is 21.5. The number of rotatable bonds is 4. The predicted octanol–water partition coefficient (Wildman–Crippen LogP) is -0.0399. The number of anilines is 1. The van der Waals surface area contributed by atoms with Crippen molar-refractivity contribution in [1.29, 1.82) is 0 Å². The standard InChI is InChI=1S/C13H17N5O3/c19-6-3-9-7-14-12-15-13(16-18(12)8-9)17-4-1-10(2-5-17)11(20)21/h7-8,10,19H,1-6H2,(H,20,21). The van der Waals surface area contributed by atoms with Crippen molar-refractivity contribution in [1.82, 2.24) is 19.6 Å². The lowest BCUT2D eigenvalue weighted by Crippen LogP contribution is -2.36. The quantitative estimate of drug-likeness (QED) is 0.814. The third kappa shape index (κ3) is 2.80. The third-order valence-corrected chi connectivity index (χ3v) is 3.76. The fraction of sp³-hybridized carbons (Fsp3) is 0.538. The number of carboxylic acids is 1. The predicted molar refractivity (Wildman–Crippen MR) is 74.1 cm³/mol. The van der Waals surface area contributed by atoms with E-state index in [1.807, 2.05) is 4.90 Å². The lowest BCUT2D eigenvalue weighted by molar-refractivity contribution is -0.142. The molecule has 0 atom stereocenters. The monoisotopic (exact) mass is 291 g/mol. The maximum absolute atomic E-state index is 11.0. The summed E-state index contributed by atoms with van der Waals surface area (Å²) in [5.74, 6) is 0.0834. The fourth-order valence-electron chi connectivity index (χ4n) is 2.53. The molecule has 2 N–H and O–H groups in total. The molecule has 2 aromatic heterocycles. The van der Waals surface area contributed by atoms with Crippen LogP contribution in [0.1, 0.15) is 18.4 Å². The number of nitrogens with zero attached hydrogens (tertiary/aromatic N) is 5. The van der Waals surface area contributed by atoms with Gasteiger partial charge in [-0.2, -0.15) is 4.98 Å². The van der Waals surface area contributed by atoms with E-state index >= 15 is 0 Å². The second-order valence-corrected chi connectivity index (χ2v) is 5.19. The number of aliphatic hydroxyl groups is 1. The van der Waals surface area contributed by atoms with Crippen LogP contribution in [-0.2, 0) is 11.2 Å². The van der Waals surface area contributed by atoms with Crippen LogP contribution < -0.4 is 4.90 Å². The maximum atomic E-state index is 11.0. The Morgan fingerprint density at radius 2 is 2.14 bits per heavy atom. The highest BCUT2D eigenvalue weighted by molar-refractivity contribution is 5.70. The van der Waals surface area contributed by atoms with E-state index in [0.29, 0.717) is 44.1 Å². The molecule has 1 aliphatic rings. The molecule has 8 heteroatoms. The SMILES string of the molecule is O=C(O)C1CCN(c2nc3ncc(CCO)cn3n2)CC1. The van der Waals surface area contributed by atoms with Crippen LogP contribution in [0.15, 0.2) is 12.4 Å². The smallest absolute Gasteiger partial charge is 0.306 e. The number of carbonyl (C=O) groups is 1. The summed E-state index contributed by atoms with van der Waals surface area (Å²) >= 11 is 0. The molecule has 0 radical (unpaired) electrons. The lowest BCUT2D eigenvalue weighted by Gasteiger charge is -2.28. The van der Waals surface area contributed by atoms with Crippen molar-refractivity contribution in [3.05, 3.63) is 18.0 Å². The van der Waals surface area contributed by atoms with E-state index in [0.717, 1.165) is 5.56 Å². The molecule has 1 saturated heterocycles. The molecule has 1 fully saturated rings. The summed E-state index contributed by atoms with van der Waals surface area (Å²) in [5, 5.41) is 22.3. The van der Waals surface area contributed by atoms with E-state index in [9.17, 15) is 4.79 Å². The van der Waals surface area contributed by atoms with Crippen molar-refractivity contribution in [3.63, 3.8) is 0 Å². The van der Waals surface area contributed by atoms with Gasteiger partial charge >= 0.3 is 5.97 Å². The second-order valence-electron chi connectivity index (χ2n) is 5.19. The van der Waals surface area contributed by atoms with Crippen LogP contribution in [0.25, 0.3) is 5.78 Å². The fourth-order valence-corrected chi connectivity index (χ4v) is 2.53. The molecule has 3 rings (SSSR count). The van der Waals surface area contributed by atoms with Gasteiger partial charge in [-0.15, -0.1) is 5.10 Å². The number of aliphatic carboxylic acids is 1. The summed E-state index contributed by atoms with van der Waals surface area (Å²) in [7, 11) is 0. The number of aliphatic hydroxyl groups excluding tert-OH is 1. The Hall–Kier alpha value is -2.22. The van der Waals surface area contributed by atoms with Crippen LogP contribution in [-0.4, -0.2) is 55.5 Å². The minimum absolute atomic E-state index is 0.0669. The van der Waals surface area contributed by atoms with Crippen molar-refractivity contribution >= 4 is 17.7 Å². The number of hydrogen-bond donors (Lipinski definition) is 2. The maximum Gasteiger partial charge on any atom is 0.306 e. The number of hydrogen-bond acceptors (Lipinski definition) is 6. The van der Waals surface area contributed by atoms with Gasteiger partial charge in [0.1, 0.15) is 0 Å². The largest absolute Gasteiger partial charge is 0.481 e. The van der Waals surface area contributed by atoms with E-state index in [-0.39, 0.29) is 12.5 Å². The molecule has 3 heterocycles. The van der Waals surface area contributed by atoms with Crippen LogP contribution in [0.4, 0.5) is 5.95 Å². The van der Waals surface area contributed by atoms with Gasteiger partial charge in [0.15, 0.2) is 0 Å². The van der Waals surface area contributed by atoms with Crippen molar-refractivity contribution in [3.8, 4) is 0 Å². The minimum atomic E-state index is -0.729. The zero-order valence-corrected chi connectivity index (χ0v) is 11.5. The third-order valence-electron chi connectivity index (χ3n) is 3.76. The topological polar surface area (TPSA) is 104 Å². The molecule has 0 bridgehead atoms. The zero-order chi connectivity index (χ0) is 14.8. The highest BCUT2D eigenvalue weighted by Crippen LogP contribution is 2.21. The highest BCUT2D eigenvalue weighted by atomic mass is 16.4. The Balaban J connectivity index is 1.77. The van der Waals surface area contributed by atoms with E-state index < -0.39 is 5.97 Å². The van der Waals surface area contributed by atoms with E-state index in [1.54, 1.807) is 16.9 Å². The summed E-state index contributed by atoms with van der Waals surface area (Å²) in [5.41, 5.74) is 0.894. The van der Waals surface area contributed by atoms with Crippen LogP contribution in [0.3, 0.4) is 0 Å². The Kier molecular flexibility index (Phi) is 3.70. The number of carboxylic acid groups (broad SMARTS) is 1. The van der Waals surface area contributed by atoms with E-state index in [2.05, 4.69) is 15.1 Å². The molecule has 2 aromatic rings. The van der Waals surface area contributed by atoms with Crippen molar-refractivity contribution in [2.45, 2.75) is 19.3 Å². The molecule has 0 aliphatic carbocycles. The van der Waals surface area contributed by atoms with Gasteiger partial charge in [-0.3, -0.25) is 4.79 Å². The lowest BCUT2D eigenvalue weighted by atomic mass is 9.97. The van der Waals surface area contributed by atoms with Gasteiger partial charge < -0.3 is 15.1 Å². The van der Waals surface area contributed by atoms with Gasteiger partial charge in [0.2, 0.25) is 5.95 Å². The van der Waals surface area contributed by atoms with E-state index in [4.69, 9.17) is 10.2 Å². The summed E-state index contributed by atoms with van der Waals surface area (Å²) in [6, 6.07) is 0. The molecule has 21 heavy (non-hydrogen) atoms. The molecule has 0 amide bonds. The molecule has 0 aromatic carbocycles. The average molecular weight is 291 g/mol. The van der Waals surface area contributed by atoms with Crippen molar-refractivity contribution < 1.29 is 15.0 Å². The van der Waals surface area contributed by atoms with Crippen LogP contribution in [0.5, 0.6) is 0 Å². The van der Waals surface area contributed by atoms with Crippen molar-refractivity contribution in [2.24, 2.45) is 5.92 Å². The van der Waals surface area contributed by atoms with Gasteiger partial charge in [0, 0.05) is 32.1 Å². The molecule has 0 saturated carbocycles. The molecule has 0 spiro atoms. The molecule has 1 aliphatic heterocycles. The first-order chi connectivity index (χ1) is 10.2. The first kappa shape index (κ1) is 13.7. The van der Waals surface area contributed by atoms with Gasteiger partial charge in [-0.25, -0.2) is 9.50 Å². The molecule has 112 valence electrons. The van der Waals surface area contributed by atoms with Gasteiger partial charge in [-0.05, 0) is 24.8 Å². The second kappa shape index (κ2) is 5.65. The van der Waals surface area contributed by atoms with Crippen molar-refractivity contribution in [2.75, 3.05) is 24.6 Å². The molecular weight excluding hydrogens is 274 g/mol. The summed E-state index contributed by atoms with van der Waals surface area (Å²) in [6.45, 7) is 1.34. The highest BCUT2D eigenvalue weighted by Gasteiger charge is 2.26. The molecule has 8 nitrogen and oxygen atoms in total. The van der Waals surface area contributed by atoms with Gasteiger partial charge in [0.25, 0.3) is 5.78 Å². The Morgan fingerprint density at radius 3 is 2.81 bits per heavy atom.